The van der Waals surface area contributed by atoms with Crippen LogP contribution in [-0.2, 0) is 6.42 Å². The normalized spacial score (nSPS) is 26.1. The minimum Gasteiger partial charge on any atom is -0.492 e. The quantitative estimate of drug-likeness (QED) is 0.778. The minimum atomic E-state index is 0.225. The van der Waals surface area contributed by atoms with E-state index in [0.717, 1.165) is 34.2 Å². The van der Waals surface area contributed by atoms with E-state index in [9.17, 15) is 4.79 Å². The van der Waals surface area contributed by atoms with Crippen LogP contribution in [0.25, 0.3) is 0 Å². The average Bonchev–Trinajstić information content (AvgIpc) is 2.78. The molecule has 0 amide bonds. The van der Waals surface area contributed by atoms with Crippen LogP contribution in [0, 0.1) is 11.8 Å². The van der Waals surface area contributed by atoms with Crippen LogP contribution in [0.15, 0.2) is 16.6 Å². The molecule has 1 aromatic rings. The second-order valence-electron chi connectivity index (χ2n) is 4.72. The van der Waals surface area contributed by atoms with Gasteiger partial charge < -0.3 is 4.74 Å². The summed E-state index contributed by atoms with van der Waals surface area (Å²) in [5.41, 5.74) is 1.93. The molecule has 0 aromatic heterocycles. The summed E-state index contributed by atoms with van der Waals surface area (Å²) in [6.45, 7) is 2.83. The van der Waals surface area contributed by atoms with E-state index in [1.807, 2.05) is 6.07 Å². The maximum Gasteiger partial charge on any atom is 0.169 e. The first-order valence-electron chi connectivity index (χ1n) is 5.66. The number of hydrogen-bond donors (Lipinski definition) is 0. The highest BCUT2D eigenvalue weighted by atomic mass is 79.9. The van der Waals surface area contributed by atoms with E-state index in [-0.39, 0.29) is 11.7 Å². The van der Waals surface area contributed by atoms with Crippen molar-refractivity contribution < 1.29 is 9.53 Å². The van der Waals surface area contributed by atoms with E-state index in [0.29, 0.717) is 12.5 Å². The molecule has 0 N–H and O–H groups in total. The lowest BCUT2D eigenvalue weighted by molar-refractivity contribution is 0.0959. The second-order valence-corrected chi connectivity index (χ2v) is 5.64. The molecule has 84 valence electrons. The first-order chi connectivity index (χ1) is 7.66. The largest absolute Gasteiger partial charge is 0.492 e. The third kappa shape index (κ3) is 1.58. The number of halogens is 1. The summed E-state index contributed by atoms with van der Waals surface area (Å²) in [7, 11) is 0. The highest BCUT2D eigenvalue weighted by Crippen LogP contribution is 2.43. The number of Topliss-reactive ketones (excluding diaryl/α,β-unsaturated/α-hetero) is 1. The molecule has 0 bridgehead atoms. The molecule has 2 nitrogen and oxygen atoms in total. The van der Waals surface area contributed by atoms with Crippen LogP contribution in [0.4, 0.5) is 0 Å². The molecule has 1 saturated carbocycles. The topological polar surface area (TPSA) is 26.3 Å². The van der Waals surface area contributed by atoms with Gasteiger partial charge in [-0.2, -0.15) is 0 Å². The molecular weight excluding hydrogens is 268 g/mol. The van der Waals surface area contributed by atoms with Crippen LogP contribution in [0.3, 0.4) is 0 Å². The van der Waals surface area contributed by atoms with Gasteiger partial charge in [0.05, 0.1) is 12.2 Å². The fourth-order valence-corrected chi connectivity index (χ4v) is 2.84. The number of carbonyl (C=O) groups is 1. The van der Waals surface area contributed by atoms with Crippen molar-refractivity contribution in [2.75, 3.05) is 6.61 Å². The van der Waals surface area contributed by atoms with Gasteiger partial charge in [-0.3, -0.25) is 4.79 Å². The molecule has 3 heteroatoms. The summed E-state index contributed by atoms with van der Waals surface area (Å²) in [4.78, 5) is 12.2. The number of carbonyl (C=O) groups excluding carboxylic acids is 1. The summed E-state index contributed by atoms with van der Waals surface area (Å²) >= 11 is 3.46. The summed E-state index contributed by atoms with van der Waals surface area (Å²) < 4.78 is 6.56. The average molecular weight is 281 g/mol. The zero-order valence-corrected chi connectivity index (χ0v) is 10.7. The standard InChI is InChI=1S/C13H13BrO2/c1-7-4-10(7)12(15)11-6-9(14)5-8-2-3-16-13(8)11/h5-7,10H,2-4H2,1H3. The van der Waals surface area contributed by atoms with Gasteiger partial charge in [0.15, 0.2) is 5.78 Å². The van der Waals surface area contributed by atoms with Gasteiger partial charge in [0.1, 0.15) is 5.75 Å². The molecule has 1 aliphatic carbocycles. The molecule has 2 aliphatic rings. The third-order valence-corrected chi connectivity index (χ3v) is 3.92. The molecule has 0 radical (unpaired) electrons. The van der Waals surface area contributed by atoms with E-state index < -0.39 is 0 Å². The van der Waals surface area contributed by atoms with Crippen LogP contribution in [0.5, 0.6) is 5.75 Å². The van der Waals surface area contributed by atoms with Gasteiger partial charge in [0.2, 0.25) is 0 Å². The van der Waals surface area contributed by atoms with Gasteiger partial charge in [-0.1, -0.05) is 22.9 Å². The molecule has 1 aromatic carbocycles. The Labute approximate surface area is 103 Å². The van der Waals surface area contributed by atoms with Gasteiger partial charge in [-0.25, -0.2) is 0 Å². The fourth-order valence-electron chi connectivity index (χ4n) is 2.34. The molecular formula is C13H13BrO2. The zero-order chi connectivity index (χ0) is 11.3. The van der Waals surface area contributed by atoms with Crippen LogP contribution in [0.2, 0.25) is 0 Å². The molecule has 1 heterocycles. The smallest absolute Gasteiger partial charge is 0.169 e. The molecule has 1 aliphatic heterocycles. The molecule has 2 atom stereocenters. The van der Waals surface area contributed by atoms with Gasteiger partial charge in [-0.05, 0) is 30.0 Å². The van der Waals surface area contributed by atoms with Crippen molar-refractivity contribution in [3.05, 3.63) is 27.7 Å². The number of ketones is 1. The second kappa shape index (κ2) is 3.59. The Hall–Kier alpha value is -0.830. The fraction of sp³-hybridized carbons (Fsp3) is 0.462. The van der Waals surface area contributed by atoms with E-state index in [4.69, 9.17) is 4.74 Å². The van der Waals surface area contributed by atoms with Gasteiger partial charge >= 0.3 is 0 Å². The van der Waals surface area contributed by atoms with Crippen LogP contribution in [-0.4, -0.2) is 12.4 Å². The highest BCUT2D eigenvalue weighted by molar-refractivity contribution is 9.10. The predicted octanol–water partition coefficient (Wildman–Crippen LogP) is 3.22. The zero-order valence-electron chi connectivity index (χ0n) is 9.13. The summed E-state index contributed by atoms with van der Waals surface area (Å²) in [5.74, 6) is 1.85. The summed E-state index contributed by atoms with van der Waals surface area (Å²) in [6.07, 6.45) is 1.94. The van der Waals surface area contributed by atoms with Crippen molar-refractivity contribution in [1.82, 2.24) is 0 Å². The highest BCUT2D eigenvalue weighted by Gasteiger charge is 2.41. The first-order valence-corrected chi connectivity index (χ1v) is 6.45. The van der Waals surface area contributed by atoms with Crippen LogP contribution >= 0.6 is 15.9 Å². The number of fused-ring (bicyclic) bond motifs is 1. The van der Waals surface area contributed by atoms with E-state index in [1.54, 1.807) is 0 Å². The summed E-state index contributed by atoms with van der Waals surface area (Å²) in [6, 6.07) is 3.95. The number of rotatable bonds is 2. The van der Waals surface area contributed by atoms with E-state index in [2.05, 4.69) is 28.9 Å². The lowest BCUT2D eigenvalue weighted by atomic mass is 10.0. The molecule has 2 unspecified atom stereocenters. The van der Waals surface area contributed by atoms with Gasteiger partial charge in [0.25, 0.3) is 0 Å². The van der Waals surface area contributed by atoms with Gasteiger partial charge in [-0.15, -0.1) is 0 Å². The minimum absolute atomic E-state index is 0.225. The number of benzene rings is 1. The first kappa shape index (κ1) is 10.3. The van der Waals surface area contributed by atoms with Crippen molar-refractivity contribution in [2.45, 2.75) is 19.8 Å². The van der Waals surface area contributed by atoms with Crippen LogP contribution < -0.4 is 4.74 Å². The summed E-state index contributed by atoms with van der Waals surface area (Å²) in [5, 5.41) is 0. The third-order valence-electron chi connectivity index (χ3n) is 3.46. The Morgan fingerprint density at radius 3 is 2.94 bits per heavy atom. The molecule has 3 rings (SSSR count). The Bertz CT molecular complexity index is 467. The van der Waals surface area contributed by atoms with E-state index in [1.165, 1.54) is 0 Å². The van der Waals surface area contributed by atoms with Crippen molar-refractivity contribution in [3.63, 3.8) is 0 Å². The maximum absolute atomic E-state index is 12.2. The van der Waals surface area contributed by atoms with Crippen molar-refractivity contribution in [2.24, 2.45) is 11.8 Å². The molecule has 16 heavy (non-hydrogen) atoms. The SMILES string of the molecule is CC1CC1C(=O)c1cc(Br)cc2c1OCC2. The number of ether oxygens (including phenoxy) is 1. The Balaban J connectivity index is 2.03. The maximum atomic E-state index is 12.2. The molecule has 0 saturated heterocycles. The lowest BCUT2D eigenvalue weighted by Gasteiger charge is -2.07. The lowest BCUT2D eigenvalue weighted by Crippen LogP contribution is -2.05. The van der Waals surface area contributed by atoms with Crippen molar-refractivity contribution >= 4 is 21.7 Å². The predicted molar refractivity (Wildman–Crippen MR) is 64.9 cm³/mol. The Morgan fingerprint density at radius 1 is 1.50 bits per heavy atom. The van der Waals surface area contributed by atoms with Crippen molar-refractivity contribution in [1.29, 1.82) is 0 Å². The van der Waals surface area contributed by atoms with Gasteiger partial charge in [0, 0.05) is 16.8 Å². The monoisotopic (exact) mass is 280 g/mol. The Morgan fingerprint density at radius 2 is 2.25 bits per heavy atom. The number of hydrogen-bond acceptors (Lipinski definition) is 2. The molecule has 0 spiro atoms. The molecule has 1 fully saturated rings. The van der Waals surface area contributed by atoms with E-state index >= 15 is 0 Å². The Kier molecular flexibility index (Phi) is 2.32. The van der Waals surface area contributed by atoms with Crippen molar-refractivity contribution in [3.8, 4) is 5.75 Å². The van der Waals surface area contributed by atoms with Crippen LogP contribution in [0.1, 0.15) is 29.3 Å².